The van der Waals surface area contributed by atoms with Crippen molar-refractivity contribution >= 4 is 44.0 Å². The molecule has 7 heteroatoms. The molecule has 0 bridgehead atoms. The van der Waals surface area contributed by atoms with E-state index in [0.29, 0.717) is 0 Å². The number of anilines is 2. The number of aromatic nitrogens is 4. The summed E-state index contributed by atoms with van der Waals surface area (Å²) in [6, 6.07) is 4.24. The highest BCUT2D eigenvalue weighted by Gasteiger charge is 2.33. The summed E-state index contributed by atoms with van der Waals surface area (Å²) in [5, 5.41) is 13.0. The molecule has 6 nitrogen and oxygen atoms in total. The van der Waals surface area contributed by atoms with E-state index < -0.39 is 0 Å². The molecule has 28 heavy (non-hydrogen) atoms. The fourth-order valence-corrected chi connectivity index (χ4v) is 5.68. The molecule has 1 aromatic carbocycles. The molecule has 0 fully saturated rings. The molecule has 1 aliphatic rings. The molecule has 0 spiro atoms. The summed E-state index contributed by atoms with van der Waals surface area (Å²) in [6.07, 6.45) is 6.70. The van der Waals surface area contributed by atoms with Gasteiger partial charge in [-0.1, -0.05) is 6.92 Å². The number of rotatable bonds is 4. The summed E-state index contributed by atoms with van der Waals surface area (Å²) < 4.78 is 5.47. The maximum absolute atomic E-state index is 5.47. The number of ether oxygens (including phenoxy) is 1. The third-order valence-corrected chi connectivity index (χ3v) is 6.91. The zero-order chi connectivity index (χ0) is 19.3. The zero-order valence-corrected chi connectivity index (χ0v) is 17.1. The minimum Gasteiger partial charge on any atom is -0.384 e. The van der Waals surface area contributed by atoms with Gasteiger partial charge in [-0.05, 0) is 54.9 Å². The molecule has 3 heterocycles. The predicted molar refractivity (Wildman–Crippen MR) is 114 cm³/mol. The molecule has 144 valence electrons. The molecule has 0 saturated carbocycles. The first kappa shape index (κ1) is 17.6. The fraction of sp³-hybridized carbons (Fsp3) is 0.381. The van der Waals surface area contributed by atoms with Crippen molar-refractivity contribution in [2.75, 3.05) is 19.0 Å². The minimum atomic E-state index is 0.201. The number of benzene rings is 1. The molecular weight excluding hydrogens is 370 g/mol. The average Bonchev–Trinajstić information content (AvgIpc) is 3.25. The van der Waals surface area contributed by atoms with Crippen LogP contribution in [-0.2, 0) is 17.6 Å². The van der Waals surface area contributed by atoms with E-state index in [4.69, 9.17) is 4.74 Å². The van der Waals surface area contributed by atoms with Gasteiger partial charge in [0.15, 0.2) is 0 Å². The van der Waals surface area contributed by atoms with Crippen LogP contribution in [0.25, 0.3) is 21.1 Å². The van der Waals surface area contributed by atoms with Gasteiger partial charge in [0.25, 0.3) is 0 Å². The van der Waals surface area contributed by atoms with Gasteiger partial charge in [-0.25, -0.2) is 9.97 Å². The quantitative estimate of drug-likeness (QED) is 0.523. The first-order valence-corrected chi connectivity index (χ1v) is 10.3. The molecule has 0 unspecified atom stereocenters. The summed E-state index contributed by atoms with van der Waals surface area (Å²) in [6.45, 7) is 5.21. The topological polar surface area (TPSA) is 75.7 Å². The zero-order valence-electron chi connectivity index (χ0n) is 16.3. The lowest BCUT2D eigenvalue weighted by Gasteiger charge is -2.32. The molecule has 1 atom stereocenters. The number of hydrogen-bond donors (Lipinski definition) is 2. The van der Waals surface area contributed by atoms with E-state index >= 15 is 0 Å². The fourth-order valence-electron chi connectivity index (χ4n) is 4.27. The second-order valence-electron chi connectivity index (χ2n) is 8.08. The SMILES string of the molecule is COC[C@@]1(C)CCc2c(sc3ncnc(Nc4cc5cn[nH]c5cc4C)c23)C1. The van der Waals surface area contributed by atoms with Crippen LogP contribution in [0.15, 0.2) is 24.7 Å². The van der Waals surface area contributed by atoms with Gasteiger partial charge >= 0.3 is 0 Å². The molecule has 1 aliphatic carbocycles. The monoisotopic (exact) mass is 393 g/mol. The van der Waals surface area contributed by atoms with Crippen molar-refractivity contribution in [2.45, 2.75) is 33.1 Å². The summed E-state index contributed by atoms with van der Waals surface area (Å²) in [5.41, 5.74) is 4.85. The molecule has 0 saturated heterocycles. The van der Waals surface area contributed by atoms with Gasteiger partial charge in [0.05, 0.1) is 23.7 Å². The Balaban J connectivity index is 1.57. The first-order chi connectivity index (χ1) is 13.6. The van der Waals surface area contributed by atoms with Gasteiger partial charge in [0.1, 0.15) is 17.0 Å². The number of hydrogen-bond acceptors (Lipinski definition) is 6. The molecule has 3 aromatic heterocycles. The van der Waals surface area contributed by atoms with Crippen molar-refractivity contribution in [1.82, 2.24) is 20.2 Å². The maximum atomic E-state index is 5.47. The van der Waals surface area contributed by atoms with Gasteiger partial charge in [-0.2, -0.15) is 5.10 Å². The Morgan fingerprint density at radius 1 is 1.32 bits per heavy atom. The number of nitrogens with zero attached hydrogens (tertiary/aromatic N) is 3. The molecule has 0 radical (unpaired) electrons. The highest BCUT2D eigenvalue weighted by atomic mass is 32.1. The molecule has 5 rings (SSSR count). The number of aryl methyl sites for hydroxylation is 2. The Morgan fingerprint density at radius 3 is 3.07 bits per heavy atom. The standard InChI is InChI=1S/C21H23N5OS/c1-12-6-16-13(9-24-26-16)7-15(12)25-19-18-14-4-5-21(2,10-27-3)8-17(14)28-20(18)23-11-22-19/h6-7,9,11H,4-5,8,10H2,1-3H3,(H,24,26)(H,22,23,25)/t21-/m0/s1. The van der Waals surface area contributed by atoms with Crippen LogP contribution in [0.4, 0.5) is 11.5 Å². The Kier molecular flexibility index (Phi) is 4.10. The highest BCUT2D eigenvalue weighted by Crippen LogP contribution is 2.44. The third-order valence-electron chi connectivity index (χ3n) is 5.77. The van der Waals surface area contributed by atoms with E-state index in [0.717, 1.165) is 58.7 Å². The number of fused-ring (bicyclic) bond motifs is 4. The largest absolute Gasteiger partial charge is 0.384 e. The van der Waals surface area contributed by atoms with Crippen molar-refractivity contribution in [2.24, 2.45) is 5.41 Å². The van der Waals surface area contributed by atoms with E-state index in [1.54, 1.807) is 24.8 Å². The average molecular weight is 394 g/mol. The Labute approximate surface area is 167 Å². The van der Waals surface area contributed by atoms with Gasteiger partial charge in [-0.15, -0.1) is 11.3 Å². The maximum Gasteiger partial charge on any atom is 0.142 e. The van der Waals surface area contributed by atoms with E-state index in [2.05, 4.69) is 51.5 Å². The second kappa shape index (κ2) is 6.53. The first-order valence-electron chi connectivity index (χ1n) is 9.51. The number of H-pyrrole nitrogens is 1. The van der Waals surface area contributed by atoms with Gasteiger partial charge in [-0.3, -0.25) is 5.10 Å². The van der Waals surface area contributed by atoms with E-state index in [1.807, 2.05) is 6.20 Å². The van der Waals surface area contributed by atoms with Crippen molar-refractivity contribution in [3.05, 3.63) is 40.7 Å². The normalized spacial score (nSPS) is 19.2. The molecular formula is C21H23N5OS. The van der Waals surface area contributed by atoms with Crippen LogP contribution in [0, 0.1) is 12.3 Å². The van der Waals surface area contributed by atoms with Crippen LogP contribution in [0.3, 0.4) is 0 Å². The second-order valence-corrected chi connectivity index (χ2v) is 9.16. The molecule has 2 N–H and O–H groups in total. The minimum absolute atomic E-state index is 0.201. The third kappa shape index (κ3) is 2.86. The number of methoxy groups -OCH3 is 1. The smallest absolute Gasteiger partial charge is 0.142 e. The lowest BCUT2D eigenvalue weighted by molar-refractivity contribution is 0.0823. The van der Waals surface area contributed by atoms with Gasteiger partial charge in [0.2, 0.25) is 0 Å². The Hall–Kier alpha value is -2.51. The van der Waals surface area contributed by atoms with Gasteiger partial charge in [0, 0.05) is 23.1 Å². The molecule has 4 aromatic rings. The summed E-state index contributed by atoms with van der Waals surface area (Å²) in [5.74, 6) is 0.892. The van der Waals surface area contributed by atoms with E-state index in [-0.39, 0.29) is 5.41 Å². The van der Waals surface area contributed by atoms with Crippen LogP contribution in [0.2, 0.25) is 0 Å². The summed E-state index contributed by atoms with van der Waals surface area (Å²) >= 11 is 1.80. The molecule has 0 aliphatic heterocycles. The van der Waals surface area contributed by atoms with E-state index in [1.165, 1.54) is 15.8 Å². The summed E-state index contributed by atoms with van der Waals surface area (Å²) in [7, 11) is 1.79. The van der Waals surface area contributed by atoms with Crippen molar-refractivity contribution in [1.29, 1.82) is 0 Å². The van der Waals surface area contributed by atoms with Crippen LogP contribution in [0.5, 0.6) is 0 Å². The van der Waals surface area contributed by atoms with Crippen LogP contribution in [-0.4, -0.2) is 33.9 Å². The summed E-state index contributed by atoms with van der Waals surface area (Å²) in [4.78, 5) is 11.7. The molecule has 0 amide bonds. The van der Waals surface area contributed by atoms with Crippen LogP contribution < -0.4 is 5.32 Å². The van der Waals surface area contributed by atoms with Crippen molar-refractivity contribution in [3.63, 3.8) is 0 Å². The van der Waals surface area contributed by atoms with Crippen LogP contribution >= 0.6 is 11.3 Å². The Bertz CT molecular complexity index is 1180. The lowest BCUT2D eigenvalue weighted by atomic mass is 9.76. The number of aromatic amines is 1. The predicted octanol–water partition coefficient (Wildman–Crippen LogP) is 4.76. The lowest BCUT2D eigenvalue weighted by Crippen LogP contribution is -2.29. The number of nitrogens with one attached hydrogen (secondary N) is 2. The number of thiophene rings is 1. The van der Waals surface area contributed by atoms with Crippen LogP contribution in [0.1, 0.15) is 29.3 Å². The van der Waals surface area contributed by atoms with Crippen molar-refractivity contribution < 1.29 is 4.74 Å². The van der Waals surface area contributed by atoms with E-state index in [9.17, 15) is 0 Å². The van der Waals surface area contributed by atoms with Crippen molar-refractivity contribution in [3.8, 4) is 0 Å². The highest BCUT2D eigenvalue weighted by molar-refractivity contribution is 7.19. The van der Waals surface area contributed by atoms with Gasteiger partial charge < -0.3 is 10.1 Å². The Morgan fingerprint density at radius 2 is 2.21 bits per heavy atom.